The summed E-state index contributed by atoms with van der Waals surface area (Å²) in [6.45, 7) is 5.31. The van der Waals surface area contributed by atoms with E-state index in [1.807, 2.05) is 11.0 Å². The van der Waals surface area contributed by atoms with Gasteiger partial charge in [-0.2, -0.15) is 0 Å². The third-order valence-electron chi connectivity index (χ3n) is 6.91. The first-order chi connectivity index (χ1) is 14.0. The van der Waals surface area contributed by atoms with E-state index in [1.165, 1.54) is 12.1 Å². The van der Waals surface area contributed by atoms with Gasteiger partial charge in [-0.1, -0.05) is 12.1 Å². The lowest BCUT2D eigenvalue weighted by atomic mass is 9.80. The maximum absolute atomic E-state index is 13.3. The van der Waals surface area contributed by atoms with E-state index >= 15 is 0 Å². The molecule has 5 rings (SSSR count). The van der Waals surface area contributed by atoms with E-state index in [-0.39, 0.29) is 22.7 Å². The fourth-order valence-electron chi connectivity index (χ4n) is 5.06. The third kappa shape index (κ3) is 3.29. The van der Waals surface area contributed by atoms with Crippen LogP contribution in [0.3, 0.4) is 0 Å². The van der Waals surface area contributed by atoms with Gasteiger partial charge in [-0.25, -0.2) is 9.37 Å². The van der Waals surface area contributed by atoms with E-state index in [2.05, 4.69) is 17.2 Å². The SMILES string of the molecule is C[C@@]1(c2ccc(F)cc2)Cc2cc(C(=O)N3CCC4(CCOCC4)C3)cnc2N1. The fraction of sp³-hybridized carbons (Fsp3) is 0.478. The Morgan fingerprint density at radius 3 is 2.72 bits per heavy atom. The van der Waals surface area contributed by atoms with Crippen molar-refractivity contribution in [2.24, 2.45) is 5.41 Å². The van der Waals surface area contributed by atoms with Crippen LogP contribution in [0.2, 0.25) is 0 Å². The molecule has 3 aliphatic heterocycles. The summed E-state index contributed by atoms with van der Waals surface area (Å²) in [6, 6.07) is 8.54. The van der Waals surface area contributed by atoms with Gasteiger partial charge in [0.05, 0.1) is 11.1 Å². The van der Waals surface area contributed by atoms with Crippen LogP contribution >= 0.6 is 0 Å². The molecule has 0 bridgehead atoms. The van der Waals surface area contributed by atoms with Crippen molar-refractivity contribution in [3.05, 3.63) is 59.0 Å². The number of nitrogens with one attached hydrogen (secondary N) is 1. The minimum absolute atomic E-state index is 0.0686. The second kappa shape index (κ2) is 6.80. The lowest BCUT2D eigenvalue weighted by Gasteiger charge is -2.33. The molecule has 5 nitrogen and oxygen atoms in total. The summed E-state index contributed by atoms with van der Waals surface area (Å²) >= 11 is 0. The Labute approximate surface area is 170 Å². The summed E-state index contributed by atoms with van der Waals surface area (Å²) < 4.78 is 18.8. The van der Waals surface area contributed by atoms with Gasteiger partial charge in [0.15, 0.2) is 0 Å². The van der Waals surface area contributed by atoms with Crippen LogP contribution in [-0.2, 0) is 16.7 Å². The Morgan fingerprint density at radius 1 is 1.21 bits per heavy atom. The first-order valence-electron chi connectivity index (χ1n) is 10.4. The Morgan fingerprint density at radius 2 is 1.97 bits per heavy atom. The topological polar surface area (TPSA) is 54.5 Å². The van der Waals surface area contributed by atoms with E-state index < -0.39 is 0 Å². The standard InChI is InChI=1S/C23H26FN3O2/c1-22(18-2-4-19(24)5-3-18)13-16-12-17(14-25-20(16)26-22)21(28)27-9-6-23(15-27)7-10-29-11-8-23/h2-5,12,14H,6-11,13,15H2,1H3,(H,25,26)/t22-/m0/s1. The molecule has 4 heterocycles. The van der Waals surface area contributed by atoms with Crippen molar-refractivity contribution in [1.82, 2.24) is 9.88 Å². The number of amides is 1. The lowest BCUT2D eigenvalue weighted by Crippen LogP contribution is -2.35. The molecule has 29 heavy (non-hydrogen) atoms. The van der Waals surface area contributed by atoms with E-state index in [4.69, 9.17) is 4.74 Å². The number of rotatable bonds is 2. The van der Waals surface area contributed by atoms with Crippen molar-refractivity contribution in [1.29, 1.82) is 0 Å². The first-order valence-corrected chi connectivity index (χ1v) is 10.4. The highest BCUT2D eigenvalue weighted by Crippen LogP contribution is 2.41. The molecule has 0 radical (unpaired) electrons. The number of carbonyl (C=O) groups is 1. The number of ether oxygens (including phenoxy) is 1. The molecule has 1 spiro atoms. The molecule has 1 aromatic carbocycles. The molecular weight excluding hydrogens is 369 g/mol. The van der Waals surface area contributed by atoms with Gasteiger partial charge in [-0.15, -0.1) is 0 Å². The van der Waals surface area contributed by atoms with Crippen LogP contribution in [0, 0.1) is 11.2 Å². The van der Waals surface area contributed by atoms with E-state index in [0.717, 1.165) is 62.5 Å². The van der Waals surface area contributed by atoms with Crippen LogP contribution in [0.25, 0.3) is 0 Å². The average molecular weight is 395 g/mol. The summed E-state index contributed by atoms with van der Waals surface area (Å²) in [4.78, 5) is 19.7. The van der Waals surface area contributed by atoms with Crippen LogP contribution in [0.4, 0.5) is 10.2 Å². The number of hydrogen-bond acceptors (Lipinski definition) is 4. The highest BCUT2D eigenvalue weighted by atomic mass is 19.1. The maximum Gasteiger partial charge on any atom is 0.255 e. The molecule has 6 heteroatoms. The minimum atomic E-state index is -0.357. The Hall–Kier alpha value is -2.47. The molecule has 2 fully saturated rings. The van der Waals surface area contributed by atoms with Crippen LogP contribution in [0.5, 0.6) is 0 Å². The van der Waals surface area contributed by atoms with Crippen LogP contribution in [0.1, 0.15) is 47.7 Å². The van der Waals surface area contributed by atoms with Crippen LogP contribution < -0.4 is 5.32 Å². The highest BCUT2D eigenvalue weighted by molar-refractivity contribution is 5.94. The van der Waals surface area contributed by atoms with E-state index in [1.54, 1.807) is 18.3 Å². The lowest BCUT2D eigenvalue weighted by molar-refractivity contribution is 0.0191. The molecule has 1 atom stereocenters. The third-order valence-corrected chi connectivity index (χ3v) is 6.91. The molecule has 1 amide bonds. The molecule has 2 aromatic rings. The predicted molar refractivity (Wildman–Crippen MR) is 108 cm³/mol. The summed E-state index contributed by atoms with van der Waals surface area (Å²) in [5.74, 6) is 0.626. The number of aromatic nitrogens is 1. The molecular formula is C23H26FN3O2. The number of hydrogen-bond donors (Lipinski definition) is 1. The first kappa shape index (κ1) is 18.6. The van der Waals surface area contributed by atoms with Crippen LogP contribution in [0.15, 0.2) is 36.5 Å². The second-order valence-corrected chi connectivity index (χ2v) is 8.96. The number of fused-ring (bicyclic) bond motifs is 1. The van der Waals surface area contributed by atoms with Gasteiger partial charge in [-0.3, -0.25) is 4.79 Å². The van der Waals surface area contributed by atoms with Gasteiger partial charge >= 0.3 is 0 Å². The average Bonchev–Trinajstić information content (AvgIpc) is 3.29. The number of pyridine rings is 1. The van der Waals surface area contributed by atoms with Crippen molar-refractivity contribution in [3.63, 3.8) is 0 Å². The highest BCUT2D eigenvalue weighted by Gasteiger charge is 2.41. The molecule has 0 saturated carbocycles. The van der Waals surface area contributed by atoms with E-state index in [0.29, 0.717) is 12.0 Å². The van der Waals surface area contributed by atoms with Gasteiger partial charge in [0, 0.05) is 38.9 Å². The Kier molecular flexibility index (Phi) is 4.35. The van der Waals surface area contributed by atoms with Crippen molar-refractivity contribution in [3.8, 4) is 0 Å². The minimum Gasteiger partial charge on any atom is -0.381 e. The zero-order chi connectivity index (χ0) is 20.1. The summed E-state index contributed by atoms with van der Waals surface area (Å²) in [6.07, 6.45) is 5.53. The number of benzene rings is 1. The smallest absolute Gasteiger partial charge is 0.255 e. The molecule has 0 aliphatic carbocycles. The summed E-state index contributed by atoms with van der Waals surface area (Å²) in [5.41, 5.74) is 2.57. The molecule has 152 valence electrons. The normalized spacial score (nSPS) is 25.1. The number of anilines is 1. The molecule has 1 N–H and O–H groups in total. The number of halogens is 1. The van der Waals surface area contributed by atoms with Crippen molar-refractivity contribution < 1.29 is 13.9 Å². The molecule has 1 aromatic heterocycles. The summed E-state index contributed by atoms with van der Waals surface area (Å²) in [7, 11) is 0. The predicted octanol–water partition coefficient (Wildman–Crippen LogP) is 3.75. The molecule has 0 unspecified atom stereocenters. The number of likely N-dealkylation sites (tertiary alicyclic amines) is 1. The monoisotopic (exact) mass is 395 g/mol. The van der Waals surface area contributed by atoms with Crippen molar-refractivity contribution >= 4 is 11.7 Å². The second-order valence-electron chi connectivity index (χ2n) is 8.96. The zero-order valence-electron chi connectivity index (χ0n) is 16.7. The largest absolute Gasteiger partial charge is 0.381 e. The molecule has 2 saturated heterocycles. The Balaban J connectivity index is 1.33. The zero-order valence-corrected chi connectivity index (χ0v) is 16.7. The quantitative estimate of drug-likeness (QED) is 0.842. The van der Waals surface area contributed by atoms with Gasteiger partial charge < -0.3 is 15.0 Å². The van der Waals surface area contributed by atoms with Gasteiger partial charge in [0.25, 0.3) is 5.91 Å². The van der Waals surface area contributed by atoms with Crippen molar-refractivity contribution in [2.75, 3.05) is 31.6 Å². The molecule has 3 aliphatic rings. The Bertz CT molecular complexity index is 940. The number of nitrogens with zero attached hydrogens (tertiary/aromatic N) is 2. The van der Waals surface area contributed by atoms with Gasteiger partial charge in [-0.05, 0) is 60.9 Å². The fourth-order valence-corrected chi connectivity index (χ4v) is 5.06. The number of carbonyl (C=O) groups excluding carboxylic acids is 1. The maximum atomic E-state index is 13.3. The van der Waals surface area contributed by atoms with E-state index in [9.17, 15) is 9.18 Å². The van der Waals surface area contributed by atoms with Crippen LogP contribution in [-0.4, -0.2) is 42.1 Å². The van der Waals surface area contributed by atoms with Crippen molar-refractivity contribution in [2.45, 2.75) is 38.1 Å². The van der Waals surface area contributed by atoms with Gasteiger partial charge in [0.2, 0.25) is 0 Å². The summed E-state index contributed by atoms with van der Waals surface area (Å²) in [5, 5.41) is 3.46. The van der Waals surface area contributed by atoms with Gasteiger partial charge in [0.1, 0.15) is 11.6 Å².